The number of carbonyl (C=O) groups excluding carboxylic acids is 2. The highest BCUT2D eigenvalue weighted by Crippen LogP contribution is 2.21. The number of amides is 2. The summed E-state index contributed by atoms with van der Waals surface area (Å²) in [7, 11) is 1.64. The third-order valence-corrected chi connectivity index (χ3v) is 5.18. The maximum Gasteiger partial charge on any atom is 0.224 e. The van der Waals surface area contributed by atoms with E-state index >= 15 is 0 Å². The Kier molecular flexibility index (Phi) is 6.36. The fourth-order valence-electron chi connectivity index (χ4n) is 3.64. The first-order valence-electron chi connectivity index (χ1n) is 9.48. The van der Waals surface area contributed by atoms with Gasteiger partial charge in [0.25, 0.3) is 0 Å². The number of piperidine rings is 1. The van der Waals surface area contributed by atoms with Gasteiger partial charge in [0.15, 0.2) is 0 Å². The van der Waals surface area contributed by atoms with Gasteiger partial charge in [-0.3, -0.25) is 9.59 Å². The second-order valence-corrected chi connectivity index (χ2v) is 7.07. The van der Waals surface area contributed by atoms with Gasteiger partial charge in [0.1, 0.15) is 11.5 Å². The Balaban J connectivity index is 1.42. The fourth-order valence-corrected chi connectivity index (χ4v) is 3.64. The molecular weight excluding hydrogens is 332 g/mol. The molecule has 2 aliphatic rings. The van der Waals surface area contributed by atoms with Crippen molar-refractivity contribution in [2.24, 2.45) is 5.92 Å². The molecule has 6 nitrogen and oxygen atoms in total. The van der Waals surface area contributed by atoms with E-state index < -0.39 is 0 Å². The van der Waals surface area contributed by atoms with E-state index in [-0.39, 0.29) is 11.8 Å². The second-order valence-electron chi connectivity index (χ2n) is 7.07. The van der Waals surface area contributed by atoms with Crippen LogP contribution in [0.1, 0.15) is 32.1 Å². The van der Waals surface area contributed by atoms with Gasteiger partial charge in [-0.2, -0.15) is 0 Å². The molecule has 1 aromatic carbocycles. The van der Waals surface area contributed by atoms with Crippen molar-refractivity contribution >= 4 is 11.8 Å². The van der Waals surface area contributed by atoms with Crippen LogP contribution in [0.2, 0.25) is 0 Å². The van der Waals surface area contributed by atoms with E-state index in [1.807, 2.05) is 34.1 Å². The minimum atomic E-state index is 0.152. The summed E-state index contributed by atoms with van der Waals surface area (Å²) in [5.74, 6) is 2.31. The molecule has 2 heterocycles. The van der Waals surface area contributed by atoms with Crippen LogP contribution in [0, 0.1) is 5.92 Å². The number of benzene rings is 1. The van der Waals surface area contributed by atoms with E-state index in [9.17, 15) is 9.59 Å². The Morgan fingerprint density at radius 3 is 2.62 bits per heavy atom. The van der Waals surface area contributed by atoms with E-state index in [0.29, 0.717) is 31.9 Å². The molecule has 142 valence electrons. The molecule has 0 unspecified atom stereocenters. The first-order chi connectivity index (χ1) is 12.7. The van der Waals surface area contributed by atoms with Gasteiger partial charge in [0.2, 0.25) is 11.8 Å². The molecule has 1 atom stereocenters. The Morgan fingerprint density at radius 2 is 1.92 bits per heavy atom. The van der Waals surface area contributed by atoms with Crippen LogP contribution in [0.4, 0.5) is 0 Å². The molecule has 2 aliphatic heterocycles. The summed E-state index contributed by atoms with van der Waals surface area (Å²) >= 11 is 0. The van der Waals surface area contributed by atoms with Crippen molar-refractivity contribution in [3.63, 3.8) is 0 Å². The molecule has 3 rings (SSSR count). The lowest BCUT2D eigenvalue weighted by Crippen LogP contribution is -2.42. The molecule has 0 bridgehead atoms. The van der Waals surface area contributed by atoms with E-state index in [0.717, 1.165) is 50.4 Å². The zero-order chi connectivity index (χ0) is 18.4. The first kappa shape index (κ1) is 18.5. The maximum atomic E-state index is 12.5. The second kappa shape index (κ2) is 8.92. The summed E-state index contributed by atoms with van der Waals surface area (Å²) in [4.78, 5) is 27.9. The van der Waals surface area contributed by atoms with Crippen molar-refractivity contribution < 1.29 is 19.1 Å². The number of likely N-dealkylation sites (tertiary alicyclic amines) is 2. The molecule has 0 saturated carbocycles. The van der Waals surface area contributed by atoms with E-state index in [4.69, 9.17) is 9.47 Å². The number of hydrogen-bond donors (Lipinski definition) is 0. The molecule has 2 amide bonds. The quantitative estimate of drug-likeness (QED) is 0.749. The van der Waals surface area contributed by atoms with Crippen molar-refractivity contribution in [2.45, 2.75) is 32.1 Å². The van der Waals surface area contributed by atoms with Gasteiger partial charge in [0, 0.05) is 44.9 Å². The standard InChI is InChI=1S/C20H28N2O4/c1-25-17-6-8-18(9-7-17)26-15-16-4-2-12-22(14-16)20(24)10-13-21-11-3-5-19(21)23/h6-9,16H,2-5,10-15H2,1H3/t16-/m0/s1. The summed E-state index contributed by atoms with van der Waals surface area (Å²) in [6, 6.07) is 7.56. The number of ether oxygens (including phenoxy) is 2. The fraction of sp³-hybridized carbons (Fsp3) is 0.600. The summed E-state index contributed by atoms with van der Waals surface area (Å²) in [5, 5.41) is 0. The maximum absolute atomic E-state index is 12.5. The molecule has 26 heavy (non-hydrogen) atoms. The zero-order valence-corrected chi connectivity index (χ0v) is 15.5. The van der Waals surface area contributed by atoms with Crippen molar-refractivity contribution in [3.05, 3.63) is 24.3 Å². The average Bonchev–Trinajstić information content (AvgIpc) is 3.10. The van der Waals surface area contributed by atoms with Crippen molar-refractivity contribution in [2.75, 3.05) is 39.9 Å². The normalized spacial score (nSPS) is 20.3. The summed E-state index contributed by atoms with van der Waals surface area (Å²) in [6.45, 7) is 3.51. The van der Waals surface area contributed by atoms with Gasteiger partial charge in [0.05, 0.1) is 13.7 Å². The third kappa shape index (κ3) is 4.90. The lowest BCUT2D eigenvalue weighted by molar-refractivity contribution is -0.134. The lowest BCUT2D eigenvalue weighted by atomic mass is 9.98. The Hall–Kier alpha value is -2.24. The highest BCUT2D eigenvalue weighted by atomic mass is 16.5. The Bertz CT molecular complexity index is 617. The topological polar surface area (TPSA) is 59.1 Å². The first-order valence-corrected chi connectivity index (χ1v) is 9.48. The van der Waals surface area contributed by atoms with Crippen molar-refractivity contribution in [1.82, 2.24) is 9.80 Å². The average molecular weight is 360 g/mol. The van der Waals surface area contributed by atoms with Crippen LogP contribution in [0.25, 0.3) is 0 Å². The van der Waals surface area contributed by atoms with Gasteiger partial charge >= 0.3 is 0 Å². The SMILES string of the molecule is COc1ccc(OC[C@H]2CCCN(C(=O)CCN3CCCC3=O)C2)cc1. The number of carbonyl (C=O) groups is 2. The largest absolute Gasteiger partial charge is 0.497 e. The third-order valence-electron chi connectivity index (χ3n) is 5.18. The predicted molar refractivity (Wildman–Crippen MR) is 98.2 cm³/mol. The van der Waals surface area contributed by atoms with Crippen LogP contribution in [0.3, 0.4) is 0 Å². The molecule has 0 N–H and O–H groups in total. The molecule has 0 aliphatic carbocycles. The van der Waals surface area contributed by atoms with Gasteiger partial charge in [-0.05, 0) is 43.5 Å². The van der Waals surface area contributed by atoms with Crippen LogP contribution in [0.5, 0.6) is 11.5 Å². The molecule has 2 saturated heterocycles. The van der Waals surface area contributed by atoms with E-state index in [1.54, 1.807) is 7.11 Å². The van der Waals surface area contributed by atoms with Gasteiger partial charge in [-0.1, -0.05) is 0 Å². The minimum absolute atomic E-state index is 0.152. The minimum Gasteiger partial charge on any atom is -0.497 e. The van der Waals surface area contributed by atoms with E-state index in [1.165, 1.54) is 0 Å². The van der Waals surface area contributed by atoms with Crippen LogP contribution < -0.4 is 9.47 Å². The van der Waals surface area contributed by atoms with Gasteiger partial charge in [-0.25, -0.2) is 0 Å². The summed E-state index contributed by atoms with van der Waals surface area (Å²) in [5.41, 5.74) is 0. The molecule has 2 fully saturated rings. The highest BCUT2D eigenvalue weighted by Gasteiger charge is 2.26. The van der Waals surface area contributed by atoms with Gasteiger partial charge < -0.3 is 19.3 Å². The smallest absolute Gasteiger partial charge is 0.224 e. The number of hydrogen-bond acceptors (Lipinski definition) is 4. The zero-order valence-electron chi connectivity index (χ0n) is 15.5. The monoisotopic (exact) mass is 360 g/mol. The van der Waals surface area contributed by atoms with Crippen molar-refractivity contribution in [3.8, 4) is 11.5 Å². The van der Waals surface area contributed by atoms with Crippen LogP contribution in [-0.4, -0.2) is 61.5 Å². The molecule has 0 radical (unpaired) electrons. The van der Waals surface area contributed by atoms with Crippen LogP contribution >= 0.6 is 0 Å². The predicted octanol–water partition coefficient (Wildman–Crippen LogP) is 2.33. The summed E-state index contributed by atoms with van der Waals surface area (Å²) < 4.78 is 11.0. The summed E-state index contributed by atoms with van der Waals surface area (Å²) in [6.07, 6.45) is 4.05. The van der Waals surface area contributed by atoms with Gasteiger partial charge in [-0.15, -0.1) is 0 Å². The molecule has 0 spiro atoms. The molecular formula is C20H28N2O4. The van der Waals surface area contributed by atoms with Crippen molar-refractivity contribution in [1.29, 1.82) is 0 Å². The number of nitrogens with zero attached hydrogens (tertiary/aromatic N) is 2. The number of rotatable bonds is 7. The molecule has 1 aromatic rings. The van der Waals surface area contributed by atoms with Crippen LogP contribution in [-0.2, 0) is 9.59 Å². The molecule has 6 heteroatoms. The van der Waals surface area contributed by atoms with E-state index in [2.05, 4.69) is 0 Å². The lowest BCUT2D eigenvalue weighted by Gasteiger charge is -2.33. The highest BCUT2D eigenvalue weighted by molar-refractivity contribution is 5.80. The Morgan fingerprint density at radius 1 is 1.15 bits per heavy atom. The molecule has 0 aromatic heterocycles. The number of methoxy groups -OCH3 is 1. The van der Waals surface area contributed by atoms with Crippen LogP contribution in [0.15, 0.2) is 24.3 Å². The Labute approximate surface area is 155 Å².